The van der Waals surface area contributed by atoms with E-state index in [1.807, 2.05) is 0 Å². The van der Waals surface area contributed by atoms with Crippen LogP contribution in [0.1, 0.15) is 17.3 Å². The highest BCUT2D eigenvalue weighted by atomic mass is 32.2. The van der Waals surface area contributed by atoms with Gasteiger partial charge in [-0.05, 0) is 43.3 Å². The number of pyridine rings is 1. The van der Waals surface area contributed by atoms with E-state index in [0.29, 0.717) is 5.69 Å². The molecule has 3 N–H and O–H groups in total. The summed E-state index contributed by atoms with van der Waals surface area (Å²) in [7, 11) is -3.80. The zero-order valence-electron chi connectivity index (χ0n) is 12.7. The quantitative estimate of drug-likeness (QED) is 0.772. The van der Waals surface area contributed by atoms with Gasteiger partial charge in [-0.1, -0.05) is 0 Å². The highest BCUT2D eigenvalue weighted by Gasteiger charge is 2.19. The van der Waals surface area contributed by atoms with Gasteiger partial charge in [-0.3, -0.25) is 9.78 Å². The predicted octanol–water partition coefficient (Wildman–Crippen LogP) is 0.913. The maximum Gasteiger partial charge on any atom is 0.339 e. The molecule has 1 aromatic carbocycles. The van der Waals surface area contributed by atoms with Crippen LogP contribution in [0.5, 0.6) is 0 Å². The lowest BCUT2D eigenvalue weighted by Crippen LogP contribution is -2.30. The molecule has 9 heteroatoms. The lowest BCUT2D eigenvalue weighted by atomic mass is 10.2. The summed E-state index contributed by atoms with van der Waals surface area (Å²) in [6.45, 7) is 1.42. The van der Waals surface area contributed by atoms with Gasteiger partial charge in [-0.2, -0.15) is 0 Å². The third-order valence-corrected chi connectivity index (χ3v) is 3.95. The highest BCUT2D eigenvalue weighted by Crippen LogP contribution is 2.13. The summed E-state index contributed by atoms with van der Waals surface area (Å²) >= 11 is 0. The van der Waals surface area contributed by atoms with Crippen LogP contribution < -0.4 is 10.5 Å². The Morgan fingerprint density at radius 1 is 1.12 bits per heavy atom. The number of amides is 1. The number of sulfonamides is 1. The van der Waals surface area contributed by atoms with Gasteiger partial charge in [0.2, 0.25) is 10.0 Å². The highest BCUT2D eigenvalue weighted by molar-refractivity contribution is 7.89. The molecule has 0 aliphatic heterocycles. The third-order valence-electron chi connectivity index (χ3n) is 3.02. The standard InChI is InChI=1S/C15H15N3O5S/c1-10(23-15(20)11-6-8-17-9-7-11)14(19)18-12-2-4-13(5-3-12)24(16,21)22/h2-10H,1H3,(H,18,19)(H2,16,21,22)/t10-/m1/s1. The summed E-state index contributed by atoms with van der Waals surface area (Å²) < 4.78 is 27.4. The van der Waals surface area contributed by atoms with Crippen molar-refractivity contribution in [2.24, 2.45) is 5.14 Å². The van der Waals surface area contributed by atoms with Crippen LogP contribution in [0.2, 0.25) is 0 Å². The monoisotopic (exact) mass is 349 g/mol. The number of nitrogens with one attached hydrogen (secondary N) is 1. The molecule has 0 saturated carbocycles. The molecule has 126 valence electrons. The van der Waals surface area contributed by atoms with Crippen molar-refractivity contribution in [3.05, 3.63) is 54.4 Å². The van der Waals surface area contributed by atoms with Crippen molar-refractivity contribution in [3.63, 3.8) is 0 Å². The van der Waals surface area contributed by atoms with E-state index < -0.39 is 28.0 Å². The second kappa shape index (κ2) is 7.20. The fourth-order valence-corrected chi connectivity index (χ4v) is 2.26. The number of carbonyl (C=O) groups is 2. The summed E-state index contributed by atoms with van der Waals surface area (Å²) in [4.78, 5) is 27.6. The third kappa shape index (κ3) is 4.61. The molecule has 0 fully saturated rings. The van der Waals surface area contributed by atoms with E-state index in [2.05, 4.69) is 10.3 Å². The van der Waals surface area contributed by atoms with Crippen LogP contribution in [-0.4, -0.2) is 31.4 Å². The van der Waals surface area contributed by atoms with Crippen molar-refractivity contribution in [2.45, 2.75) is 17.9 Å². The SMILES string of the molecule is C[C@@H](OC(=O)c1ccncc1)C(=O)Nc1ccc(S(N)(=O)=O)cc1. The van der Waals surface area contributed by atoms with Crippen molar-refractivity contribution in [2.75, 3.05) is 5.32 Å². The van der Waals surface area contributed by atoms with Gasteiger partial charge in [-0.25, -0.2) is 18.4 Å². The number of benzene rings is 1. The van der Waals surface area contributed by atoms with E-state index in [1.54, 1.807) is 0 Å². The Morgan fingerprint density at radius 2 is 1.71 bits per heavy atom. The molecule has 8 nitrogen and oxygen atoms in total. The van der Waals surface area contributed by atoms with Crippen LogP contribution in [0.25, 0.3) is 0 Å². The number of rotatable bonds is 5. The van der Waals surface area contributed by atoms with Crippen LogP contribution in [-0.2, 0) is 19.6 Å². The molecule has 0 unspecified atom stereocenters. The minimum atomic E-state index is -3.80. The average Bonchev–Trinajstić information content (AvgIpc) is 2.55. The van der Waals surface area contributed by atoms with Gasteiger partial charge >= 0.3 is 5.97 Å². The van der Waals surface area contributed by atoms with E-state index in [1.165, 1.54) is 55.7 Å². The summed E-state index contributed by atoms with van der Waals surface area (Å²) in [6, 6.07) is 8.24. The molecule has 0 aliphatic rings. The van der Waals surface area contributed by atoms with Gasteiger partial charge in [0, 0.05) is 18.1 Å². The van der Waals surface area contributed by atoms with Crippen molar-refractivity contribution >= 4 is 27.6 Å². The first-order valence-electron chi connectivity index (χ1n) is 6.82. The lowest BCUT2D eigenvalue weighted by molar-refractivity contribution is -0.123. The first-order chi connectivity index (χ1) is 11.3. The first-order valence-corrected chi connectivity index (χ1v) is 8.37. The van der Waals surface area contributed by atoms with Crippen molar-refractivity contribution in [1.82, 2.24) is 4.98 Å². The Kier molecular flexibility index (Phi) is 5.27. The van der Waals surface area contributed by atoms with Gasteiger partial charge in [-0.15, -0.1) is 0 Å². The van der Waals surface area contributed by atoms with E-state index >= 15 is 0 Å². The van der Waals surface area contributed by atoms with Crippen LogP contribution in [0.4, 0.5) is 5.69 Å². The fourth-order valence-electron chi connectivity index (χ4n) is 1.74. The molecule has 0 spiro atoms. The number of carbonyl (C=O) groups excluding carboxylic acids is 2. The zero-order chi connectivity index (χ0) is 17.7. The molecule has 2 aromatic rings. The molecule has 0 saturated heterocycles. The second-order valence-electron chi connectivity index (χ2n) is 4.84. The van der Waals surface area contributed by atoms with E-state index in [9.17, 15) is 18.0 Å². The van der Waals surface area contributed by atoms with Gasteiger partial charge in [0.05, 0.1) is 10.5 Å². The summed E-state index contributed by atoms with van der Waals surface area (Å²) in [5.41, 5.74) is 0.626. The maximum atomic E-state index is 12.0. The van der Waals surface area contributed by atoms with Crippen LogP contribution in [0, 0.1) is 0 Å². The number of nitrogens with zero attached hydrogens (tertiary/aromatic N) is 1. The minimum Gasteiger partial charge on any atom is -0.449 e. The Labute approximate surface area is 138 Å². The van der Waals surface area contributed by atoms with E-state index in [0.717, 1.165) is 0 Å². The molecule has 0 radical (unpaired) electrons. The number of primary sulfonamides is 1. The maximum absolute atomic E-state index is 12.0. The topological polar surface area (TPSA) is 128 Å². The molecule has 1 amide bonds. The molecule has 0 aliphatic carbocycles. The van der Waals surface area contributed by atoms with Gasteiger partial charge in [0.15, 0.2) is 6.10 Å². The van der Waals surface area contributed by atoms with Crippen molar-refractivity contribution in [1.29, 1.82) is 0 Å². The first kappa shape index (κ1) is 17.6. The second-order valence-corrected chi connectivity index (χ2v) is 6.40. The molecule has 2 rings (SSSR count). The van der Waals surface area contributed by atoms with E-state index in [4.69, 9.17) is 9.88 Å². The Bertz CT molecular complexity index is 835. The predicted molar refractivity (Wildman–Crippen MR) is 85.6 cm³/mol. The van der Waals surface area contributed by atoms with Gasteiger partial charge < -0.3 is 10.1 Å². The molecule has 1 atom stereocenters. The van der Waals surface area contributed by atoms with Crippen LogP contribution in [0.15, 0.2) is 53.7 Å². The molecular formula is C15H15N3O5S. The number of ether oxygens (including phenoxy) is 1. The van der Waals surface area contributed by atoms with Crippen LogP contribution >= 0.6 is 0 Å². The minimum absolute atomic E-state index is 0.0716. The Balaban J connectivity index is 1.98. The number of esters is 1. The number of hydrogen-bond donors (Lipinski definition) is 2. The molecule has 24 heavy (non-hydrogen) atoms. The average molecular weight is 349 g/mol. The molecule has 0 bridgehead atoms. The van der Waals surface area contributed by atoms with Crippen molar-refractivity contribution < 1.29 is 22.7 Å². The largest absolute Gasteiger partial charge is 0.449 e. The summed E-state index contributed by atoms with van der Waals surface area (Å²) in [5, 5.41) is 7.50. The van der Waals surface area contributed by atoms with E-state index in [-0.39, 0.29) is 10.5 Å². The lowest BCUT2D eigenvalue weighted by Gasteiger charge is -2.13. The summed E-state index contributed by atoms with van der Waals surface area (Å²) in [5.74, 6) is -1.20. The smallest absolute Gasteiger partial charge is 0.339 e. The fraction of sp³-hybridized carbons (Fsp3) is 0.133. The van der Waals surface area contributed by atoms with Gasteiger partial charge in [0.25, 0.3) is 5.91 Å². The number of hydrogen-bond acceptors (Lipinski definition) is 6. The molecule has 1 heterocycles. The molecular weight excluding hydrogens is 334 g/mol. The molecule has 1 aromatic heterocycles. The van der Waals surface area contributed by atoms with Crippen molar-refractivity contribution in [3.8, 4) is 0 Å². The van der Waals surface area contributed by atoms with Gasteiger partial charge in [0.1, 0.15) is 0 Å². The normalized spacial score (nSPS) is 12.2. The Hall–Kier alpha value is -2.78. The number of anilines is 1. The number of nitrogens with two attached hydrogens (primary N) is 1. The number of aromatic nitrogens is 1. The Morgan fingerprint density at radius 3 is 2.25 bits per heavy atom. The zero-order valence-corrected chi connectivity index (χ0v) is 13.5. The summed E-state index contributed by atoms with van der Waals surface area (Å²) in [6.07, 6.45) is 1.84. The van der Waals surface area contributed by atoms with Crippen LogP contribution in [0.3, 0.4) is 0 Å².